The molecule has 31 heavy (non-hydrogen) atoms. The Kier molecular flexibility index (Phi) is 10.8. The Hall–Kier alpha value is -2.12. The quantitative estimate of drug-likeness (QED) is 0.369. The molecule has 1 aliphatic heterocycles. The van der Waals surface area contributed by atoms with Gasteiger partial charge in [-0.05, 0) is 37.2 Å². The van der Waals surface area contributed by atoms with Crippen LogP contribution in [0.1, 0.15) is 51.5 Å². The van der Waals surface area contributed by atoms with E-state index in [1.54, 1.807) is 0 Å². The molecule has 0 spiro atoms. The highest BCUT2D eigenvalue weighted by atomic mass is 16.5. The number of carbonyl (C=O) groups excluding carboxylic acids is 1. The number of carbonyl (C=O) groups is 1. The van der Waals surface area contributed by atoms with Crippen LogP contribution in [0.15, 0.2) is 35.3 Å². The van der Waals surface area contributed by atoms with Gasteiger partial charge in [-0.2, -0.15) is 0 Å². The average molecular weight is 433 g/mol. The molecule has 1 fully saturated rings. The van der Waals surface area contributed by atoms with Gasteiger partial charge in [0, 0.05) is 39.3 Å². The number of ether oxygens (including phenoxy) is 1. The van der Waals surface area contributed by atoms with Gasteiger partial charge < -0.3 is 25.4 Å². The summed E-state index contributed by atoms with van der Waals surface area (Å²) in [5.74, 6) is 0.541. The molecule has 1 aromatic carbocycles. The maximum absolute atomic E-state index is 13.3. The highest BCUT2D eigenvalue weighted by molar-refractivity contribution is 5.86. The molecule has 1 aromatic rings. The number of aliphatic hydroxyl groups is 1. The molecule has 1 amide bonds. The Bertz CT molecular complexity index is 671. The third kappa shape index (κ3) is 7.51. The highest BCUT2D eigenvalue weighted by Crippen LogP contribution is 2.30. The monoisotopic (exact) mass is 432 g/mol. The first-order valence-corrected chi connectivity index (χ1v) is 11.6. The topological polar surface area (TPSA) is 86.2 Å². The van der Waals surface area contributed by atoms with E-state index in [1.165, 1.54) is 0 Å². The maximum Gasteiger partial charge on any atom is 0.232 e. The van der Waals surface area contributed by atoms with Crippen molar-refractivity contribution in [1.82, 2.24) is 15.5 Å². The lowest BCUT2D eigenvalue weighted by atomic mass is 9.79. The SMILES string of the molecule is CCNC(=NCC(CC)(CC)CCO)NCC(C(=O)N1CCOCC1)c1ccccc1. The molecular formula is C24H40N4O3. The van der Waals surface area contributed by atoms with Gasteiger partial charge in [0.15, 0.2) is 5.96 Å². The van der Waals surface area contributed by atoms with Crippen LogP contribution in [-0.4, -0.2) is 74.4 Å². The molecule has 3 N–H and O–H groups in total. The fraction of sp³-hybridized carbons (Fsp3) is 0.667. The predicted molar refractivity (Wildman–Crippen MR) is 125 cm³/mol. The van der Waals surface area contributed by atoms with E-state index in [1.807, 2.05) is 42.2 Å². The van der Waals surface area contributed by atoms with Crippen LogP contribution in [-0.2, 0) is 9.53 Å². The molecule has 0 saturated carbocycles. The zero-order chi connectivity index (χ0) is 22.5. The first kappa shape index (κ1) is 25.1. The van der Waals surface area contributed by atoms with Gasteiger partial charge in [-0.3, -0.25) is 9.79 Å². The van der Waals surface area contributed by atoms with Crippen molar-refractivity contribution in [1.29, 1.82) is 0 Å². The Morgan fingerprint density at radius 3 is 2.42 bits per heavy atom. The molecule has 1 atom stereocenters. The average Bonchev–Trinajstić information content (AvgIpc) is 2.82. The van der Waals surface area contributed by atoms with Crippen LogP contribution in [0.5, 0.6) is 0 Å². The fourth-order valence-corrected chi connectivity index (χ4v) is 3.97. The predicted octanol–water partition coefficient (Wildman–Crippen LogP) is 2.37. The van der Waals surface area contributed by atoms with Crippen LogP contribution in [0, 0.1) is 5.41 Å². The van der Waals surface area contributed by atoms with E-state index in [4.69, 9.17) is 9.73 Å². The molecule has 0 radical (unpaired) electrons. The number of hydrogen-bond donors (Lipinski definition) is 3. The molecule has 1 heterocycles. The van der Waals surface area contributed by atoms with E-state index in [2.05, 4.69) is 24.5 Å². The number of hydrogen-bond acceptors (Lipinski definition) is 4. The lowest BCUT2D eigenvalue weighted by Gasteiger charge is -2.31. The number of aliphatic hydroxyl groups excluding tert-OH is 1. The number of aliphatic imine (C=N–C) groups is 1. The number of benzene rings is 1. The third-order valence-electron chi connectivity index (χ3n) is 6.36. The number of morpholine rings is 1. The summed E-state index contributed by atoms with van der Waals surface area (Å²) in [6.45, 7) is 10.8. The summed E-state index contributed by atoms with van der Waals surface area (Å²) < 4.78 is 5.41. The molecule has 174 valence electrons. The van der Waals surface area contributed by atoms with E-state index in [0.29, 0.717) is 45.4 Å². The second-order valence-electron chi connectivity index (χ2n) is 8.16. The number of amides is 1. The van der Waals surface area contributed by atoms with Crippen molar-refractivity contribution in [3.05, 3.63) is 35.9 Å². The van der Waals surface area contributed by atoms with E-state index in [-0.39, 0.29) is 23.8 Å². The minimum atomic E-state index is -0.289. The number of nitrogens with zero attached hydrogens (tertiary/aromatic N) is 2. The molecule has 1 saturated heterocycles. The zero-order valence-electron chi connectivity index (χ0n) is 19.4. The van der Waals surface area contributed by atoms with Gasteiger partial charge >= 0.3 is 0 Å². The Morgan fingerprint density at radius 2 is 1.84 bits per heavy atom. The standard InChI is InChI=1S/C24H40N4O3/c1-4-24(5-2,12-15-29)19-27-23(25-6-3)26-18-21(20-10-8-7-9-11-20)22(30)28-13-16-31-17-14-28/h7-11,21,29H,4-6,12-19H2,1-3H3,(H2,25,26,27). The molecule has 7 heteroatoms. The summed E-state index contributed by atoms with van der Waals surface area (Å²) >= 11 is 0. The van der Waals surface area contributed by atoms with Gasteiger partial charge in [-0.25, -0.2) is 0 Å². The van der Waals surface area contributed by atoms with Gasteiger partial charge in [0.2, 0.25) is 5.91 Å². The second-order valence-corrected chi connectivity index (χ2v) is 8.16. The molecule has 0 aromatic heterocycles. The molecular weight excluding hydrogens is 392 g/mol. The first-order chi connectivity index (χ1) is 15.1. The molecule has 0 bridgehead atoms. The van der Waals surface area contributed by atoms with E-state index < -0.39 is 0 Å². The second kappa shape index (κ2) is 13.3. The molecule has 7 nitrogen and oxygen atoms in total. The largest absolute Gasteiger partial charge is 0.396 e. The summed E-state index contributed by atoms with van der Waals surface area (Å²) in [7, 11) is 0. The van der Waals surface area contributed by atoms with Crippen LogP contribution in [0.4, 0.5) is 0 Å². The lowest BCUT2D eigenvalue weighted by molar-refractivity contribution is -0.136. The minimum Gasteiger partial charge on any atom is -0.396 e. The van der Waals surface area contributed by atoms with Gasteiger partial charge in [0.05, 0.1) is 19.1 Å². The summed E-state index contributed by atoms with van der Waals surface area (Å²) in [4.78, 5) is 20.0. The van der Waals surface area contributed by atoms with Crippen LogP contribution >= 0.6 is 0 Å². The summed E-state index contributed by atoms with van der Waals surface area (Å²) in [5, 5.41) is 16.2. The smallest absolute Gasteiger partial charge is 0.232 e. The summed E-state index contributed by atoms with van der Waals surface area (Å²) in [6, 6.07) is 9.93. The zero-order valence-corrected chi connectivity index (χ0v) is 19.4. The van der Waals surface area contributed by atoms with Crippen molar-refractivity contribution >= 4 is 11.9 Å². The van der Waals surface area contributed by atoms with Gasteiger partial charge in [-0.15, -0.1) is 0 Å². The molecule has 1 unspecified atom stereocenters. The Labute approximate surface area is 187 Å². The van der Waals surface area contributed by atoms with Crippen LogP contribution in [0.3, 0.4) is 0 Å². The normalized spacial score (nSPS) is 16.1. The van der Waals surface area contributed by atoms with Crippen molar-refractivity contribution in [2.75, 3.05) is 52.5 Å². The minimum absolute atomic E-state index is 0.000443. The number of guanidine groups is 1. The maximum atomic E-state index is 13.3. The van der Waals surface area contributed by atoms with E-state index >= 15 is 0 Å². The summed E-state index contributed by atoms with van der Waals surface area (Å²) in [6.07, 6.45) is 2.68. The van der Waals surface area contributed by atoms with Gasteiger partial charge in [0.1, 0.15) is 0 Å². The Morgan fingerprint density at radius 1 is 1.16 bits per heavy atom. The number of rotatable bonds is 11. The molecule has 2 rings (SSSR count). The van der Waals surface area contributed by atoms with Crippen LogP contribution in [0.25, 0.3) is 0 Å². The third-order valence-corrected chi connectivity index (χ3v) is 6.36. The summed E-state index contributed by atoms with van der Waals surface area (Å²) in [5.41, 5.74) is 0.999. The van der Waals surface area contributed by atoms with E-state index in [9.17, 15) is 9.90 Å². The van der Waals surface area contributed by atoms with E-state index in [0.717, 1.165) is 31.4 Å². The first-order valence-electron chi connectivity index (χ1n) is 11.6. The number of nitrogens with one attached hydrogen (secondary N) is 2. The van der Waals surface area contributed by atoms with Crippen molar-refractivity contribution in [2.45, 2.75) is 46.0 Å². The van der Waals surface area contributed by atoms with Crippen molar-refractivity contribution in [3.8, 4) is 0 Å². The lowest BCUT2D eigenvalue weighted by Crippen LogP contribution is -2.47. The van der Waals surface area contributed by atoms with Crippen molar-refractivity contribution < 1.29 is 14.6 Å². The van der Waals surface area contributed by atoms with Crippen LogP contribution < -0.4 is 10.6 Å². The molecule has 1 aliphatic rings. The van der Waals surface area contributed by atoms with Gasteiger partial charge in [-0.1, -0.05) is 44.2 Å². The van der Waals surface area contributed by atoms with Crippen molar-refractivity contribution in [3.63, 3.8) is 0 Å². The van der Waals surface area contributed by atoms with Crippen LogP contribution in [0.2, 0.25) is 0 Å². The fourth-order valence-electron chi connectivity index (χ4n) is 3.97. The molecule has 0 aliphatic carbocycles. The van der Waals surface area contributed by atoms with Crippen molar-refractivity contribution in [2.24, 2.45) is 10.4 Å². The Balaban J connectivity index is 2.14. The van der Waals surface area contributed by atoms with Gasteiger partial charge in [0.25, 0.3) is 0 Å². The highest BCUT2D eigenvalue weighted by Gasteiger charge is 2.28.